The first-order valence-corrected chi connectivity index (χ1v) is 11.3. The molecule has 0 bridgehead atoms. The molecular weight excluding hydrogens is 417 g/mol. The number of halogens is 1. The van der Waals surface area contributed by atoms with Gasteiger partial charge < -0.3 is 14.5 Å². The average molecular weight is 444 g/mol. The van der Waals surface area contributed by atoms with E-state index in [9.17, 15) is 9.50 Å². The predicted octanol–water partition coefficient (Wildman–Crippen LogP) is 5.09. The summed E-state index contributed by atoms with van der Waals surface area (Å²) in [4.78, 5) is 6.83. The molecule has 0 saturated carbocycles. The Morgan fingerprint density at radius 2 is 1.55 bits per heavy atom. The van der Waals surface area contributed by atoms with Crippen LogP contribution in [0.2, 0.25) is 0 Å². The Morgan fingerprint density at radius 1 is 0.909 bits per heavy atom. The zero-order chi connectivity index (χ0) is 22.7. The molecule has 1 unspecified atom stereocenters. The lowest BCUT2D eigenvalue weighted by Gasteiger charge is -2.34. The Kier molecular flexibility index (Phi) is 5.92. The van der Waals surface area contributed by atoms with Crippen LogP contribution < -0.4 is 4.90 Å². The van der Waals surface area contributed by atoms with Crippen molar-refractivity contribution in [3.05, 3.63) is 113 Å². The number of nitrogens with zero attached hydrogens (tertiary/aromatic N) is 3. The summed E-state index contributed by atoms with van der Waals surface area (Å²) in [5.74, 6) is -0.0251. The number of anilines is 1. The van der Waals surface area contributed by atoms with Crippen LogP contribution in [0.5, 0.6) is 0 Å². The van der Waals surface area contributed by atoms with E-state index in [-0.39, 0.29) is 17.7 Å². The second kappa shape index (κ2) is 9.16. The van der Waals surface area contributed by atoms with Crippen LogP contribution in [0.3, 0.4) is 0 Å². The number of benzene rings is 3. The van der Waals surface area contributed by atoms with Crippen LogP contribution in [-0.2, 0) is 12.0 Å². The number of hydrogen-bond acceptors (Lipinski definition) is 5. The molecule has 0 spiro atoms. The number of hydrogen-bond donors (Lipinski definition) is 1. The van der Waals surface area contributed by atoms with Crippen molar-refractivity contribution in [1.82, 2.24) is 10.1 Å². The largest absolute Gasteiger partial charge is 0.373 e. The third-order valence-corrected chi connectivity index (χ3v) is 6.38. The Bertz CT molecular complexity index is 1140. The highest BCUT2D eigenvalue weighted by Gasteiger charge is 2.40. The van der Waals surface area contributed by atoms with Crippen molar-refractivity contribution in [3.8, 4) is 0 Å². The summed E-state index contributed by atoms with van der Waals surface area (Å²) in [5.41, 5.74) is 0.875. The molecule has 1 aliphatic rings. The normalized spacial score (nSPS) is 16.7. The maximum Gasteiger partial charge on any atom is 0.324 e. The van der Waals surface area contributed by atoms with E-state index in [4.69, 9.17) is 9.51 Å². The smallest absolute Gasteiger partial charge is 0.324 e. The minimum absolute atomic E-state index is 0.166. The number of aliphatic hydroxyl groups is 1. The molecule has 5 nitrogen and oxygen atoms in total. The van der Waals surface area contributed by atoms with Crippen molar-refractivity contribution in [1.29, 1.82) is 0 Å². The summed E-state index contributed by atoms with van der Waals surface area (Å²) in [6.07, 6.45) is 3.89. The van der Waals surface area contributed by atoms with Gasteiger partial charge in [-0.1, -0.05) is 78.0 Å². The SMILES string of the molecule is OC(c1ccccc1)(c1ccccc1)c1noc(N2CCCCC2Cc2ccc(F)cc2)n1. The molecule has 1 aliphatic heterocycles. The van der Waals surface area contributed by atoms with Crippen LogP contribution in [0, 0.1) is 5.82 Å². The predicted molar refractivity (Wildman–Crippen MR) is 124 cm³/mol. The topological polar surface area (TPSA) is 62.4 Å². The van der Waals surface area contributed by atoms with Crippen LogP contribution >= 0.6 is 0 Å². The van der Waals surface area contributed by atoms with E-state index in [0.29, 0.717) is 17.1 Å². The Hall–Kier alpha value is -3.51. The minimum atomic E-state index is -1.54. The standard InChI is InChI=1S/C27H26FN3O2/c28-23-16-14-20(15-17-23)19-24-13-7-8-18-31(24)26-29-25(30-33-26)27(32,21-9-3-1-4-10-21)22-11-5-2-6-12-22/h1-6,9-12,14-17,24,32H,7-8,13,18-19H2. The highest BCUT2D eigenvalue weighted by Crippen LogP contribution is 2.36. The van der Waals surface area contributed by atoms with Gasteiger partial charge in [0.2, 0.25) is 5.82 Å². The van der Waals surface area contributed by atoms with Crippen molar-refractivity contribution in [2.24, 2.45) is 0 Å². The molecule has 5 rings (SSSR count). The van der Waals surface area contributed by atoms with Gasteiger partial charge in [-0.05, 0) is 54.5 Å². The number of piperidine rings is 1. The molecule has 168 valence electrons. The highest BCUT2D eigenvalue weighted by atomic mass is 19.1. The van der Waals surface area contributed by atoms with Crippen molar-refractivity contribution in [2.45, 2.75) is 37.3 Å². The summed E-state index contributed by atoms with van der Waals surface area (Å²) in [6, 6.07) is 26.0. The Labute approximate surface area is 192 Å². The molecule has 0 amide bonds. The molecule has 1 aromatic heterocycles. The molecule has 1 atom stereocenters. The van der Waals surface area contributed by atoms with Gasteiger partial charge in [-0.15, -0.1) is 0 Å². The quantitative estimate of drug-likeness (QED) is 0.450. The minimum Gasteiger partial charge on any atom is -0.373 e. The third kappa shape index (κ3) is 4.26. The fraction of sp³-hybridized carbons (Fsp3) is 0.259. The molecular formula is C27H26FN3O2. The van der Waals surface area contributed by atoms with E-state index in [1.165, 1.54) is 12.1 Å². The fourth-order valence-corrected chi connectivity index (χ4v) is 4.62. The van der Waals surface area contributed by atoms with E-state index in [1.807, 2.05) is 72.8 Å². The summed E-state index contributed by atoms with van der Waals surface area (Å²) < 4.78 is 19.1. The highest BCUT2D eigenvalue weighted by molar-refractivity contribution is 5.43. The summed E-state index contributed by atoms with van der Waals surface area (Å²) in [5, 5.41) is 16.2. The molecule has 0 radical (unpaired) electrons. The van der Waals surface area contributed by atoms with Gasteiger partial charge in [0.25, 0.3) is 0 Å². The van der Waals surface area contributed by atoms with Gasteiger partial charge in [0.15, 0.2) is 5.60 Å². The number of rotatable bonds is 6. The van der Waals surface area contributed by atoms with Gasteiger partial charge in [-0.25, -0.2) is 4.39 Å². The van der Waals surface area contributed by atoms with E-state index in [2.05, 4.69) is 10.1 Å². The second-order valence-corrected chi connectivity index (χ2v) is 8.52. The van der Waals surface area contributed by atoms with Crippen LogP contribution in [-0.4, -0.2) is 27.8 Å². The van der Waals surface area contributed by atoms with Crippen molar-refractivity contribution < 1.29 is 14.0 Å². The van der Waals surface area contributed by atoms with Gasteiger partial charge in [-0.3, -0.25) is 0 Å². The average Bonchev–Trinajstić information content (AvgIpc) is 3.37. The number of aromatic nitrogens is 2. The van der Waals surface area contributed by atoms with Gasteiger partial charge >= 0.3 is 6.01 Å². The van der Waals surface area contributed by atoms with E-state index < -0.39 is 5.60 Å². The summed E-state index contributed by atoms with van der Waals surface area (Å²) >= 11 is 0. The molecule has 2 heterocycles. The molecule has 1 fully saturated rings. The fourth-order valence-electron chi connectivity index (χ4n) is 4.62. The zero-order valence-corrected chi connectivity index (χ0v) is 18.3. The first kappa shape index (κ1) is 21.3. The van der Waals surface area contributed by atoms with Gasteiger partial charge in [-0.2, -0.15) is 4.98 Å². The van der Waals surface area contributed by atoms with E-state index in [1.54, 1.807) is 0 Å². The van der Waals surface area contributed by atoms with Crippen LogP contribution in [0.25, 0.3) is 0 Å². The van der Waals surface area contributed by atoms with Crippen LogP contribution in [0.15, 0.2) is 89.5 Å². The molecule has 1 saturated heterocycles. The van der Waals surface area contributed by atoms with E-state index in [0.717, 1.165) is 37.8 Å². The lowest BCUT2D eigenvalue weighted by Crippen LogP contribution is -2.41. The maximum atomic E-state index is 13.3. The van der Waals surface area contributed by atoms with Crippen LogP contribution in [0.4, 0.5) is 10.4 Å². The van der Waals surface area contributed by atoms with Crippen molar-refractivity contribution >= 4 is 6.01 Å². The summed E-state index contributed by atoms with van der Waals surface area (Å²) in [7, 11) is 0. The molecule has 3 aromatic carbocycles. The first-order chi connectivity index (χ1) is 16.1. The third-order valence-electron chi connectivity index (χ3n) is 6.38. The van der Waals surface area contributed by atoms with Gasteiger partial charge in [0.1, 0.15) is 5.82 Å². The van der Waals surface area contributed by atoms with Crippen molar-refractivity contribution in [3.63, 3.8) is 0 Å². The first-order valence-electron chi connectivity index (χ1n) is 11.3. The zero-order valence-electron chi connectivity index (χ0n) is 18.3. The molecule has 6 heteroatoms. The van der Waals surface area contributed by atoms with Gasteiger partial charge in [0, 0.05) is 12.6 Å². The maximum absolute atomic E-state index is 13.3. The molecule has 1 N–H and O–H groups in total. The lowest BCUT2D eigenvalue weighted by atomic mass is 9.85. The van der Waals surface area contributed by atoms with Crippen molar-refractivity contribution in [2.75, 3.05) is 11.4 Å². The monoisotopic (exact) mass is 443 g/mol. The van der Waals surface area contributed by atoms with Crippen LogP contribution in [0.1, 0.15) is 41.8 Å². The Balaban J connectivity index is 1.48. The Morgan fingerprint density at radius 3 is 2.18 bits per heavy atom. The summed E-state index contributed by atoms with van der Waals surface area (Å²) in [6.45, 7) is 0.794. The van der Waals surface area contributed by atoms with E-state index >= 15 is 0 Å². The molecule has 4 aromatic rings. The second-order valence-electron chi connectivity index (χ2n) is 8.52. The molecule has 33 heavy (non-hydrogen) atoms. The molecule has 0 aliphatic carbocycles. The lowest BCUT2D eigenvalue weighted by molar-refractivity contribution is 0.112. The van der Waals surface area contributed by atoms with Gasteiger partial charge in [0.05, 0.1) is 0 Å².